The van der Waals surface area contributed by atoms with Gasteiger partial charge in [-0.15, -0.1) is 0 Å². The molecule has 0 aromatic heterocycles. The Kier molecular flexibility index (Phi) is 8.50. The van der Waals surface area contributed by atoms with E-state index in [4.69, 9.17) is 18.9 Å². The van der Waals surface area contributed by atoms with Crippen LogP contribution < -0.4 is 10.1 Å². The fourth-order valence-corrected chi connectivity index (χ4v) is 4.60. The predicted octanol–water partition coefficient (Wildman–Crippen LogP) is 3.28. The normalized spacial score (nSPS) is 22.1. The molecule has 3 unspecified atom stereocenters. The molecule has 0 saturated carbocycles. The third-order valence-corrected chi connectivity index (χ3v) is 6.22. The minimum atomic E-state index is -0.926. The van der Waals surface area contributed by atoms with Crippen LogP contribution >= 0.6 is 0 Å². The van der Waals surface area contributed by atoms with E-state index in [1.165, 1.54) is 7.11 Å². The molecule has 8 heteroatoms. The number of Topliss-reactive ketones (excluding diaryl/α,β-unsaturated/α-hetero) is 1. The summed E-state index contributed by atoms with van der Waals surface area (Å²) >= 11 is 0. The van der Waals surface area contributed by atoms with E-state index < -0.39 is 23.8 Å². The van der Waals surface area contributed by atoms with Crippen molar-refractivity contribution in [1.82, 2.24) is 5.32 Å². The molecule has 1 aromatic rings. The van der Waals surface area contributed by atoms with Gasteiger partial charge in [-0.2, -0.15) is 0 Å². The van der Waals surface area contributed by atoms with Crippen molar-refractivity contribution >= 4 is 17.7 Å². The quantitative estimate of drug-likeness (QED) is 0.333. The van der Waals surface area contributed by atoms with Crippen molar-refractivity contribution in [1.29, 1.82) is 0 Å². The van der Waals surface area contributed by atoms with E-state index >= 15 is 0 Å². The van der Waals surface area contributed by atoms with E-state index in [9.17, 15) is 14.4 Å². The van der Waals surface area contributed by atoms with Crippen molar-refractivity contribution in [3.05, 3.63) is 52.4 Å². The molecule has 1 aliphatic heterocycles. The van der Waals surface area contributed by atoms with Crippen LogP contribution in [0, 0.1) is 11.8 Å². The fraction of sp³-hybridized carbons (Fsp3) is 0.500. The maximum atomic E-state index is 13.7. The second-order valence-electron chi connectivity index (χ2n) is 8.56. The highest BCUT2D eigenvalue weighted by molar-refractivity contribution is 6.12. The molecule has 3 atom stereocenters. The van der Waals surface area contributed by atoms with Crippen LogP contribution in [0.2, 0.25) is 0 Å². The molecular formula is C26H33NO7. The first kappa shape index (κ1) is 25.5. The first-order valence-corrected chi connectivity index (χ1v) is 11.6. The van der Waals surface area contributed by atoms with E-state index in [1.807, 2.05) is 26.0 Å². The molecule has 0 saturated heterocycles. The molecule has 0 radical (unpaired) electrons. The summed E-state index contributed by atoms with van der Waals surface area (Å²) in [5.74, 6) is -2.62. The maximum absolute atomic E-state index is 13.7. The zero-order valence-corrected chi connectivity index (χ0v) is 20.4. The van der Waals surface area contributed by atoms with Crippen LogP contribution in [0.15, 0.2) is 46.8 Å². The van der Waals surface area contributed by atoms with Gasteiger partial charge >= 0.3 is 11.9 Å². The molecule has 0 fully saturated rings. The molecule has 8 nitrogen and oxygen atoms in total. The van der Waals surface area contributed by atoms with Crippen LogP contribution in [0.1, 0.15) is 45.1 Å². The van der Waals surface area contributed by atoms with E-state index in [0.717, 1.165) is 17.7 Å². The van der Waals surface area contributed by atoms with Crippen molar-refractivity contribution in [2.45, 2.75) is 39.5 Å². The lowest BCUT2D eigenvalue weighted by molar-refractivity contribution is -0.151. The second kappa shape index (κ2) is 11.3. The number of ether oxygens (including phenoxy) is 4. The van der Waals surface area contributed by atoms with E-state index in [-0.39, 0.29) is 18.3 Å². The number of esters is 2. The zero-order valence-electron chi connectivity index (χ0n) is 20.4. The smallest absolute Gasteiger partial charge is 0.336 e. The summed E-state index contributed by atoms with van der Waals surface area (Å²) in [5, 5.41) is 3.25. The Morgan fingerprint density at radius 1 is 1.09 bits per heavy atom. The largest absolute Gasteiger partial charge is 0.497 e. The van der Waals surface area contributed by atoms with Crippen molar-refractivity contribution in [3.8, 4) is 5.75 Å². The van der Waals surface area contributed by atoms with Gasteiger partial charge in [-0.25, -0.2) is 4.79 Å². The SMILES string of the molecule is CCCOCCOC(=O)C1=C(C)NC2=C(C(=O)C(C(=O)OC)C(C)C2)C1c1ccc(OC)cc1. The van der Waals surface area contributed by atoms with Crippen molar-refractivity contribution in [3.63, 3.8) is 0 Å². The monoisotopic (exact) mass is 471 g/mol. The molecule has 34 heavy (non-hydrogen) atoms. The van der Waals surface area contributed by atoms with Crippen LogP contribution in [-0.4, -0.2) is 51.8 Å². The van der Waals surface area contributed by atoms with Gasteiger partial charge in [0.25, 0.3) is 0 Å². The Balaban J connectivity index is 2.02. The number of rotatable bonds is 9. The van der Waals surface area contributed by atoms with Crippen molar-refractivity contribution in [2.75, 3.05) is 34.0 Å². The third-order valence-electron chi connectivity index (χ3n) is 6.22. The highest BCUT2D eigenvalue weighted by Gasteiger charge is 2.47. The Morgan fingerprint density at radius 3 is 2.41 bits per heavy atom. The number of carbonyl (C=O) groups excluding carboxylic acids is 3. The lowest BCUT2D eigenvalue weighted by atomic mass is 9.69. The fourth-order valence-electron chi connectivity index (χ4n) is 4.60. The number of benzene rings is 1. The van der Waals surface area contributed by atoms with Crippen LogP contribution in [-0.2, 0) is 28.6 Å². The second-order valence-corrected chi connectivity index (χ2v) is 8.56. The lowest BCUT2D eigenvalue weighted by Gasteiger charge is -2.38. The predicted molar refractivity (Wildman–Crippen MR) is 125 cm³/mol. The summed E-state index contributed by atoms with van der Waals surface area (Å²) in [6.45, 7) is 6.64. The Bertz CT molecular complexity index is 993. The number of dihydropyridines is 1. The molecular weight excluding hydrogens is 438 g/mol. The summed E-state index contributed by atoms with van der Waals surface area (Å²) in [4.78, 5) is 39.4. The summed E-state index contributed by atoms with van der Waals surface area (Å²) in [6.07, 6.45) is 1.36. The standard InChI is InChI=1S/C26H33NO7/c1-6-11-33-12-13-34-26(30)21-16(3)27-19-14-15(2)20(25(29)32-5)24(28)23(19)22(21)17-7-9-18(31-4)10-8-17/h7-10,15,20,22,27H,6,11-14H2,1-5H3. The Morgan fingerprint density at radius 2 is 1.79 bits per heavy atom. The highest BCUT2D eigenvalue weighted by Crippen LogP contribution is 2.45. The van der Waals surface area contributed by atoms with Gasteiger partial charge in [0, 0.05) is 29.5 Å². The number of hydrogen-bond acceptors (Lipinski definition) is 8. The van der Waals surface area contributed by atoms with Gasteiger partial charge in [0.15, 0.2) is 5.78 Å². The molecule has 1 aromatic carbocycles. The number of allylic oxidation sites excluding steroid dienone is 3. The first-order valence-electron chi connectivity index (χ1n) is 11.6. The van der Waals surface area contributed by atoms with Crippen LogP contribution in [0.4, 0.5) is 0 Å². The van der Waals surface area contributed by atoms with Gasteiger partial charge in [0.1, 0.15) is 18.3 Å². The Hall–Kier alpha value is -3.13. The molecule has 1 aliphatic carbocycles. The average Bonchev–Trinajstić information content (AvgIpc) is 2.82. The lowest BCUT2D eigenvalue weighted by Crippen LogP contribution is -2.43. The minimum absolute atomic E-state index is 0.104. The summed E-state index contributed by atoms with van der Waals surface area (Å²) < 4.78 is 21.1. The van der Waals surface area contributed by atoms with Gasteiger partial charge in [0.2, 0.25) is 0 Å². The van der Waals surface area contributed by atoms with Crippen molar-refractivity contribution < 1.29 is 33.3 Å². The van der Waals surface area contributed by atoms with Gasteiger partial charge in [-0.1, -0.05) is 26.0 Å². The molecule has 1 heterocycles. The molecule has 2 aliphatic rings. The minimum Gasteiger partial charge on any atom is -0.497 e. The topological polar surface area (TPSA) is 100 Å². The Labute approximate surface area is 200 Å². The number of nitrogens with one attached hydrogen (secondary N) is 1. The average molecular weight is 472 g/mol. The van der Waals surface area contributed by atoms with Crippen LogP contribution in [0.25, 0.3) is 0 Å². The summed E-state index contributed by atoms with van der Waals surface area (Å²) in [7, 11) is 2.85. The molecule has 1 N–H and O–H groups in total. The zero-order chi connectivity index (χ0) is 24.8. The van der Waals surface area contributed by atoms with Crippen molar-refractivity contribution in [2.24, 2.45) is 11.8 Å². The highest BCUT2D eigenvalue weighted by atomic mass is 16.6. The van der Waals surface area contributed by atoms with Crippen LogP contribution in [0.3, 0.4) is 0 Å². The van der Waals surface area contributed by atoms with Gasteiger partial charge in [0.05, 0.1) is 26.4 Å². The molecule has 0 spiro atoms. The van der Waals surface area contributed by atoms with Gasteiger partial charge in [-0.05, 0) is 43.4 Å². The number of ketones is 1. The first-order chi connectivity index (χ1) is 16.3. The molecule has 184 valence electrons. The van der Waals surface area contributed by atoms with E-state index in [1.54, 1.807) is 26.2 Å². The number of methoxy groups -OCH3 is 2. The van der Waals surface area contributed by atoms with Gasteiger partial charge < -0.3 is 24.3 Å². The molecule has 0 bridgehead atoms. The van der Waals surface area contributed by atoms with Crippen LogP contribution in [0.5, 0.6) is 5.75 Å². The van der Waals surface area contributed by atoms with E-state index in [0.29, 0.717) is 42.2 Å². The van der Waals surface area contributed by atoms with E-state index in [2.05, 4.69) is 5.32 Å². The number of carbonyl (C=O) groups is 3. The third kappa shape index (κ3) is 5.17. The van der Waals surface area contributed by atoms with Gasteiger partial charge in [-0.3, -0.25) is 9.59 Å². The summed E-state index contributed by atoms with van der Waals surface area (Å²) in [6, 6.07) is 7.20. The molecule has 3 rings (SSSR count). The number of hydrogen-bond donors (Lipinski definition) is 1. The molecule has 0 amide bonds. The maximum Gasteiger partial charge on any atom is 0.336 e. The summed E-state index contributed by atoms with van der Waals surface area (Å²) in [5.41, 5.74) is 2.81.